The molecule has 0 fully saturated rings. The molecule has 0 spiro atoms. The predicted octanol–water partition coefficient (Wildman–Crippen LogP) is 3.30. The van der Waals surface area contributed by atoms with Gasteiger partial charge in [0.05, 0.1) is 19.2 Å². The molecule has 0 amide bonds. The molecule has 0 saturated carbocycles. The summed E-state index contributed by atoms with van der Waals surface area (Å²) in [5.74, 6) is 0.753. The van der Waals surface area contributed by atoms with Crippen LogP contribution in [-0.4, -0.2) is 16.2 Å². The topological polar surface area (TPSA) is 34.4 Å². The summed E-state index contributed by atoms with van der Waals surface area (Å²) in [5, 5.41) is 10.5. The highest BCUT2D eigenvalue weighted by Crippen LogP contribution is 2.34. The van der Waals surface area contributed by atoms with E-state index in [1.165, 1.54) is 0 Å². The summed E-state index contributed by atoms with van der Waals surface area (Å²) in [5.41, 5.74) is 3.15. The molecule has 0 atom stereocenters. The molecule has 2 aromatic rings. The van der Waals surface area contributed by atoms with Gasteiger partial charge in [-0.2, -0.15) is 0 Å². The molecule has 1 aromatic carbocycles. The number of benzene rings is 1. The zero-order valence-electron chi connectivity index (χ0n) is 9.03. The summed E-state index contributed by atoms with van der Waals surface area (Å²) in [4.78, 5) is 0. The smallest absolute Gasteiger partial charge is 0.125 e. The predicted molar refractivity (Wildman–Crippen MR) is 76.2 cm³/mol. The summed E-state index contributed by atoms with van der Waals surface area (Å²) in [6.45, 7) is 2.05. The quantitative estimate of drug-likeness (QED) is 0.864. The lowest BCUT2D eigenvalue weighted by Gasteiger charge is -2.11. The third-order valence-electron chi connectivity index (χ3n) is 2.65. The number of methoxy groups -OCH3 is 1. The summed E-state index contributed by atoms with van der Waals surface area (Å²) in [6, 6.07) is 3.99. The standard InChI is InChI=1S/C11H12INO2S/c1-7-5-10(15-2)9(6-14)8-3-4-13(16-12)11(7)8/h3-5,14H,6H2,1-2H3. The van der Waals surface area contributed by atoms with Crippen LogP contribution >= 0.6 is 30.3 Å². The first-order valence-corrected chi connectivity index (χ1v) is 8.12. The fourth-order valence-electron chi connectivity index (χ4n) is 1.93. The van der Waals surface area contributed by atoms with Gasteiger partial charge in [0.1, 0.15) is 5.75 Å². The summed E-state index contributed by atoms with van der Waals surface area (Å²) >= 11 is 2.24. The monoisotopic (exact) mass is 349 g/mol. The van der Waals surface area contributed by atoms with Crippen molar-refractivity contribution < 1.29 is 9.84 Å². The Morgan fingerprint density at radius 3 is 2.88 bits per heavy atom. The fourth-order valence-corrected chi connectivity index (χ4v) is 3.33. The highest BCUT2D eigenvalue weighted by molar-refractivity contribution is 14.2. The molecule has 1 aromatic heterocycles. The van der Waals surface area contributed by atoms with E-state index in [4.69, 9.17) is 4.74 Å². The molecule has 0 unspecified atom stereocenters. The number of ether oxygens (including phenoxy) is 1. The van der Waals surface area contributed by atoms with Crippen molar-refractivity contribution in [2.75, 3.05) is 7.11 Å². The molecule has 86 valence electrons. The summed E-state index contributed by atoms with van der Waals surface area (Å²) in [7, 11) is 3.24. The van der Waals surface area contributed by atoms with E-state index < -0.39 is 0 Å². The Balaban J connectivity index is 2.82. The zero-order valence-corrected chi connectivity index (χ0v) is 12.0. The minimum Gasteiger partial charge on any atom is -0.496 e. The van der Waals surface area contributed by atoms with Gasteiger partial charge in [-0.25, -0.2) is 0 Å². The number of fused-ring (bicyclic) bond motifs is 1. The second-order valence-corrected chi connectivity index (χ2v) is 5.22. The van der Waals surface area contributed by atoms with Gasteiger partial charge in [0.15, 0.2) is 0 Å². The largest absolute Gasteiger partial charge is 0.496 e. The molecule has 16 heavy (non-hydrogen) atoms. The van der Waals surface area contributed by atoms with E-state index in [1.54, 1.807) is 16.2 Å². The highest BCUT2D eigenvalue weighted by Gasteiger charge is 2.13. The first-order valence-electron chi connectivity index (χ1n) is 4.80. The lowest BCUT2D eigenvalue weighted by atomic mass is 10.1. The van der Waals surface area contributed by atoms with Crippen LogP contribution in [0.5, 0.6) is 5.75 Å². The third-order valence-corrected chi connectivity index (χ3v) is 4.37. The Bertz CT molecular complexity index is 524. The van der Waals surface area contributed by atoms with E-state index in [-0.39, 0.29) is 6.61 Å². The normalized spacial score (nSPS) is 11.0. The number of aromatic nitrogens is 1. The first kappa shape index (κ1) is 12.1. The molecule has 5 heteroatoms. The number of rotatable bonds is 3. The molecule has 0 radical (unpaired) electrons. The first-order chi connectivity index (χ1) is 7.72. The number of halogens is 1. The van der Waals surface area contributed by atoms with Crippen LogP contribution in [0, 0.1) is 6.92 Å². The van der Waals surface area contributed by atoms with Crippen molar-refractivity contribution in [2.45, 2.75) is 13.5 Å². The van der Waals surface area contributed by atoms with Gasteiger partial charge in [0.2, 0.25) is 0 Å². The van der Waals surface area contributed by atoms with Crippen molar-refractivity contribution in [3.63, 3.8) is 0 Å². The lowest BCUT2D eigenvalue weighted by Crippen LogP contribution is -1.95. The van der Waals surface area contributed by atoms with Crippen LogP contribution in [-0.2, 0) is 6.61 Å². The van der Waals surface area contributed by atoms with Crippen molar-refractivity contribution in [1.82, 2.24) is 3.97 Å². The van der Waals surface area contributed by atoms with Crippen molar-refractivity contribution in [3.05, 3.63) is 29.5 Å². The lowest BCUT2D eigenvalue weighted by molar-refractivity contribution is 0.275. The summed E-state index contributed by atoms with van der Waals surface area (Å²) < 4.78 is 7.38. The van der Waals surface area contributed by atoms with Crippen LogP contribution in [0.3, 0.4) is 0 Å². The molecule has 0 aliphatic heterocycles. The third kappa shape index (κ3) is 1.80. The average molecular weight is 349 g/mol. The number of nitrogens with zero attached hydrogens (tertiary/aromatic N) is 1. The molecular formula is C11H12INO2S. The molecule has 1 N–H and O–H groups in total. The van der Waals surface area contributed by atoms with Gasteiger partial charge < -0.3 is 9.84 Å². The van der Waals surface area contributed by atoms with Gasteiger partial charge >= 0.3 is 0 Å². The molecule has 0 aliphatic carbocycles. The Morgan fingerprint density at radius 1 is 1.56 bits per heavy atom. The number of aryl methyl sites for hydroxylation is 1. The maximum atomic E-state index is 9.42. The molecule has 0 bridgehead atoms. The molecule has 1 heterocycles. The van der Waals surface area contributed by atoms with E-state index in [0.717, 1.165) is 27.8 Å². The van der Waals surface area contributed by atoms with Crippen molar-refractivity contribution in [2.24, 2.45) is 0 Å². The molecule has 2 rings (SSSR count). The molecule has 0 aliphatic rings. The van der Waals surface area contributed by atoms with E-state index in [2.05, 4.69) is 32.1 Å². The van der Waals surface area contributed by atoms with Gasteiger partial charge in [0, 0.05) is 47.5 Å². The van der Waals surface area contributed by atoms with Gasteiger partial charge in [-0.15, -0.1) is 0 Å². The summed E-state index contributed by atoms with van der Waals surface area (Å²) in [6.07, 6.45) is 2.01. The van der Waals surface area contributed by atoms with Gasteiger partial charge in [0.25, 0.3) is 0 Å². The van der Waals surface area contributed by atoms with E-state index >= 15 is 0 Å². The van der Waals surface area contributed by atoms with Crippen molar-refractivity contribution >= 4 is 41.2 Å². The van der Waals surface area contributed by atoms with Gasteiger partial charge in [-0.1, -0.05) is 0 Å². The van der Waals surface area contributed by atoms with E-state index in [1.807, 2.05) is 18.3 Å². The molecule has 0 saturated heterocycles. The van der Waals surface area contributed by atoms with Crippen LogP contribution in [0.4, 0.5) is 0 Å². The SMILES string of the molecule is COc1cc(C)c2c(ccn2SI)c1CO. The van der Waals surface area contributed by atoms with E-state index in [9.17, 15) is 5.11 Å². The maximum absolute atomic E-state index is 9.42. The van der Waals surface area contributed by atoms with Gasteiger partial charge in [-0.05, 0) is 24.6 Å². The van der Waals surface area contributed by atoms with Crippen LogP contribution in [0.2, 0.25) is 0 Å². The minimum atomic E-state index is -0.00409. The van der Waals surface area contributed by atoms with Crippen LogP contribution in [0.1, 0.15) is 11.1 Å². The fraction of sp³-hybridized carbons (Fsp3) is 0.273. The second-order valence-electron chi connectivity index (χ2n) is 3.51. The Kier molecular flexibility index (Phi) is 3.66. The number of hydrogen-bond donors (Lipinski definition) is 1. The molecular weight excluding hydrogens is 337 g/mol. The maximum Gasteiger partial charge on any atom is 0.125 e. The average Bonchev–Trinajstić information content (AvgIpc) is 2.73. The van der Waals surface area contributed by atoms with Crippen LogP contribution in [0.25, 0.3) is 10.9 Å². The molecule has 3 nitrogen and oxygen atoms in total. The Labute approximate surface area is 111 Å². The van der Waals surface area contributed by atoms with Crippen LogP contribution in [0.15, 0.2) is 18.3 Å². The Morgan fingerprint density at radius 2 is 2.31 bits per heavy atom. The number of hydrogen-bond acceptors (Lipinski definition) is 3. The van der Waals surface area contributed by atoms with Crippen LogP contribution < -0.4 is 4.74 Å². The van der Waals surface area contributed by atoms with Crippen molar-refractivity contribution in [3.8, 4) is 5.75 Å². The number of aliphatic hydroxyl groups is 1. The minimum absolute atomic E-state index is 0.00409. The van der Waals surface area contributed by atoms with Gasteiger partial charge in [-0.3, -0.25) is 3.97 Å². The zero-order chi connectivity index (χ0) is 11.7. The van der Waals surface area contributed by atoms with E-state index in [0.29, 0.717) is 0 Å². The Hall–Kier alpha value is -0.400. The number of aliphatic hydroxyl groups excluding tert-OH is 1. The second kappa shape index (κ2) is 4.85. The highest BCUT2D eigenvalue weighted by atomic mass is 127. The van der Waals surface area contributed by atoms with Crippen molar-refractivity contribution in [1.29, 1.82) is 0 Å².